The number of carbonyl (C=O) groups excluding carboxylic acids is 1. The lowest BCUT2D eigenvalue weighted by Gasteiger charge is -2.31. The molecule has 2 aromatic carbocycles. The molecule has 0 saturated carbocycles. The van der Waals surface area contributed by atoms with E-state index in [2.05, 4.69) is 6.07 Å². The fraction of sp³-hybridized carbons (Fsp3) is 0.316. The number of hydrogen-bond donors (Lipinski definition) is 1. The number of carbonyl (C=O) groups is 1. The summed E-state index contributed by atoms with van der Waals surface area (Å²) in [5.74, 6) is -0.00791. The Kier molecular flexibility index (Phi) is 6.79. The summed E-state index contributed by atoms with van der Waals surface area (Å²) in [5, 5.41) is 0. The van der Waals surface area contributed by atoms with E-state index in [0.717, 1.165) is 17.5 Å². The van der Waals surface area contributed by atoms with Gasteiger partial charge in [-0.1, -0.05) is 54.6 Å². The third kappa shape index (κ3) is 4.15. The first-order valence-electron chi connectivity index (χ1n) is 8.02. The van der Waals surface area contributed by atoms with Crippen LogP contribution in [0.25, 0.3) is 0 Å². The van der Waals surface area contributed by atoms with Crippen LogP contribution in [0.4, 0.5) is 0 Å². The largest absolute Gasteiger partial charge is 0.363 e. The summed E-state index contributed by atoms with van der Waals surface area (Å²) in [5.41, 5.74) is 8.99. The Balaban J connectivity index is 0.00000208. The molecule has 2 N–H and O–H groups in total. The molecule has 0 aliphatic carbocycles. The van der Waals surface area contributed by atoms with E-state index in [1.807, 2.05) is 48.5 Å². The molecule has 0 radical (unpaired) electrons. The molecule has 3 rings (SSSR count). The number of benzene rings is 2. The van der Waals surface area contributed by atoms with E-state index >= 15 is 0 Å². The molecular weight excluding hydrogens is 324 g/mol. The highest BCUT2D eigenvalue weighted by molar-refractivity contribution is 5.85. The standard InChI is InChI=1S/C19H22N2O2.ClH/c20-11-12-21(14-15-6-2-1-3-7-15)19(22)18-17-9-5-4-8-16(17)10-13-23-18;/h1-9,18H,10-14,20H2;1H. The number of nitrogens with zero attached hydrogens (tertiary/aromatic N) is 1. The van der Waals surface area contributed by atoms with Crippen LogP contribution in [0.2, 0.25) is 0 Å². The summed E-state index contributed by atoms with van der Waals surface area (Å²) in [7, 11) is 0. The minimum atomic E-state index is -0.518. The number of rotatable bonds is 5. The lowest BCUT2D eigenvalue weighted by atomic mass is 9.96. The van der Waals surface area contributed by atoms with Gasteiger partial charge in [-0.25, -0.2) is 0 Å². The Hall–Kier alpha value is -1.88. The molecule has 5 heteroatoms. The van der Waals surface area contributed by atoms with Crippen LogP contribution in [-0.2, 0) is 22.5 Å². The van der Waals surface area contributed by atoms with Crippen LogP contribution in [0.5, 0.6) is 0 Å². The van der Waals surface area contributed by atoms with Gasteiger partial charge in [-0.2, -0.15) is 0 Å². The van der Waals surface area contributed by atoms with Gasteiger partial charge in [0.2, 0.25) is 0 Å². The topological polar surface area (TPSA) is 55.6 Å². The molecule has 0 bridgehead atoms. The second kappa shape index (κ2) is 8.83. The summed E-state index contributed by atoms with van der Waals surface area (Å²) in [6, 6.07) is 18.0. The summed E-state index contributed by atoms with van der Waals surface area (Å²) in [6.07, 6.45) is 0.338. The molecule has 1 heterocycles. The predicted molar refractivity (Wildman–Crippen MR) is 97.0 cm³/mol. The number of nitrogens with two attached hydrogens (primary N) is 1. The first-order valence-corrected chi connectivity index (χ1v) is 8.02. The SMILES string of the molecule is Cl.NCCN(Cc1ccccc1)C(=O)C1OCCc2ccccc21. The number of fused-ring (bicyclic) bond motifs is 1. The summed E-state index contributed by atoms with van der Waals surface area (Å²) >= 11 is 0. The normalized spacial score (nSPS) is 16.0. The zero-order valence-corrected chi connectivity index (χ0v) is 14.4. The average molecular weight is 347 g/mol. The molecule has 128 valence electrons. The van der Waals surface area contributed by atoms with Crippen LogP contribution in [-0.4, -0.2) is 30.5 Å². The van der Waals surface area contributed by atoms with E-state index in [0.29, 0.717) is 26.2 Å². The highest BCUT2D eigenvalue weighted by Crippen LogP contribution is 2.29. The summed E-state index contributed by atoms with van der Waals surface area (Å²) in [4.78, 5) is 14.8. The van der Waals surface area contributed by atoms with E-state index in [9.17, 15) is 4.79 Å². The van der Waals surface area contributed by atoms with Crippen molar-refractivity contribution in [2.45, 2.75) is 19.1 Å². The monoisotopic (exact) mass is 346 g/mol. The molecular formula is C19H23ClN2O2. The maximum atomic E-state index is 13.0. The maximum Gasteiger partial charge on any atom is 0.256 e. The van der Waals surface area contributed by atoms with Crippen molar-refractivity contribution in [1.82, 2.24) is 4.90 Å². The molecule has 0 aromatic heterocycles. The van der Waals surface area contributed by atoms with Gasteiger partial charge in [0.15, 0.2) is 6.10 Å². The van der Waals surface area contributed by atoms with Gasteiger partial charge in [-0.05, 0) is 23.1 Å². The van der Waals surface area contributed by atoms with Crippen molar-refractivity contribution in [2.24, 2.45) is 5.73 Å². The minimum Gasteiger partial charge on any atom is -0.363 e. The number of ether oxygens (including phenoxy) is 1. The highest BCUT2D eigenvalue weighted by atomic mass is 35.5. The van der Waals surface area contributed by atoms with Crippen molar-refractivity contribution in [3.05, 3.63) is 71.3 Å². The number of halogens is 1. The van der Waals surface area contributed by atoms with E-state index < -0.39 is 6.10 Å². The second-order valence-electron chi connectivity index (χ2n) is 5.73. The van der Waals surface area contributed by atoms with E-state index in [1.54, 1.807) is 4.90 Å². The number of amides is 1. The summed E-state index contributed by atoms with van der Waals surface area (Å²) < 4.78 is 5.80. The van der Waals surface area contributed by atoms with Gasteiger partial charge in [-0.15, -0.1) is 12.4 Å². The Bertz CT molecular complexity index is 663. The van der Waals surface area contributed by atoms with Crippen LogP contribution in [0.1, 0.15) is 22.8 Å². The fourth-order valence-corrected chi connectivity index (χ4v) is 2.99. The van der Waals surface area contributed by atoms with Gasteiger partial charge in [0.25, 0.3) is 5.91 Å². The van der Waals surface area contributed by atoms with Crippen molar-refractivity contribution in [1.29, 1.82) is 0 Å². The predicted octanol–water partition coefficient (Wildman–Crippen LogP) is 2.71. The molecule has 4 nitrogen and oxygen atoms in total. The smallest absolute Gasteiger partial charge is 0.256 e. The first-order chi connectivity index (χ1) is 11.3. The van der Waals surface area contributed by atoms with Gasteiger partial charge < -0.3 is 15.4 Å². The molecule has 1 aliphatic rings. The Labute approximate surface area is 149 Å². The molecule has 0 fully saturated rings. The lowest BCUT2D eigenvalue weighted by Crippen LogP contribution is -2.40. The number of hydrogen-bond acceptors (Lipinski definition) is 3. The second-order valence-corrected chi connectivity index (χ2v) is 5.73. The van der Waals surface area contributed by atoms with Gasteiger partial charge in [0, 0.05) is 19.6 Å². The van der Waals surface area contributed by atoms with Crippen LogP contribution < -0.4 is 5.73 Å². The molecule has 1 unspecified atom stereocenters. The molecule has 2 aromatic rings. The molecule has 1 aliphatic heterocycles. The van der Waals surface area contributed by atoms with Crippen molar-refractivity contribution in [3.8, 4) is 0 Å². The van der Waals surface area contributed by atoms with E-state index in [1.165, 1.54) is 5.56 Å². The quantitative estimate of drug-likeness (QED) is 0.905. The van der Waals surface area contributed by atoms with Crippen molar-refractivity contribution in [2.75, 3.05) is 19.7 Å². The van der Waals surface area contributed by atoms with Gasteiger partial charge in [-0.3, -0.25) is 4.79 Å². The zero-order chi connectivity index (χ0) is 16.1. The maximum absolute atomic E-state index is 13.0. The Morgan fingerprint density at radius 2 is 1.83 bits per heavy atom. The van der Waals surface area contributed by atoms with Gasteiger partial charge in [0.05, 0.1) is 6.61 Å². The van der Waals surface area contributed by atoms with Crippen LogP contribution in [0.15, 0.2) is 54.6 Å². The average Bonchev–Trinajstić information content (AvgIpc) is 2.61. The van der Waals surface area contributed by atoms with E-state index in [4.69, 9.17) is 10.5 Å². The molecule has 0 spiro atoms. The zero-order valence-electron chi connectivity index (χ0n) is 13.6. The Morgan fingerprint density at radius 1 is 1.12 bits per heavy atom. The first kappa shape index (κ1) is 18.5. The van der Waals surface area contributed by atoms with E-state index in [-0.39, 0.29) is 18.3 Å². The molecule has 0 saturated heterocycles. The van der Waals surface area contributed by atoms with Crippen LogP contribution >= 0.6 is 12.4 Å². The molecule has 24 heavy (non-hydrogen) atoms. The van der Waals surface area contributed by atoms with Crippen molar-refractivity contribution < 1.29 is 9.53 Å². The van der Waals surface area contributed by atoms with Crippen molar-refractivity contribution in [3.63, 3.8) is 0 Å². The Morgan fingerprint density at radius 3 is 2.58 bits per heavy atom. The van der Waals surface area contributed by atoms with Crippen LogP contribution in [0.3, 0.4) is 0 Å². The third-order valence-corrected chi connectivity index (χ3v) is 4.14. The third-order valence-electron chi connectivity index (χ3n) is 4.14. The molecule has 1 amide bonds. The lowest BCUT2D eigenvalue weighted by molar-refractivity contribution is -0.145. The van der Waals surface area contributed by atoms with Gasteiger partial charge >= 0.3 is 0 Å². The minimum absolute atomic E-state index is 0. The summed E-state index contributed by atoms with van der Waals surface area (Å²) in [6.45, 7) is 2.09. The van der Waals surface area contributed by atoms with Crippen molar-refractivity contribution >= 4 is 18.3 Å². The fourth-order valence-electron chi connectivity index (χ4n) is 2.99. The van der Waals surface area contributed by atoms with Gasteiger partial charge in [0.1, 0.15) is 0 Å². The van der Waals surface area contributed by atoms with Crippen LogP contribution in [0, 0.1) is 0 Å². The highest BCUT2D eigenvalue weighted by Gasteiger charge is 2.30. The molecule has 1 atom stereocenters.